The number of nitrogens with zero attached hydrogens (tertiary/aromatic N) is 3. The number of halogens is 1. The Balaban J connectivity index is 0.00000220. The average Bonchev–Trinajstić information content (AvgIpc) is 3.09. The molecular weight excluding hydrogens is 312 g/mol. The summed E-state index contributed by atoms with van der Waals surface area (Å²) in [5.41, 5.74) is 0. The largest absolute Gasteiger partial charge is 0.337 e. The van der Waals surface area contributed by atoms with Crippen LogP contribution in [0.4, 0.5) is 0 Å². The van der Waals surface area contributed by atoms with E-state index in [2.05, 4.69) is 15.5 Å². The first-order valence-electron chi connectivity index (χ1n) is 6.38. The Hall–Kier alpha value is -1.44. The minimum atomic E-state index is -0.0386. The van der Waals surface area contributed by atoms with Crippen LogP contribution in [0, 0.1) is 0 Å². The van der Waals surface area contributed by atoms with Gasteiger partial charge >= 0.3 is 0 Å². The summed E-state index contributed by atoms with van der Waals surface area (Å²) in [5, 5.41) is 8.91. The first kappa shape index (κ1) is 17.6. The Labute approximate surface area is 133 Å². The number of hydrogen-bond donors (Lipinski definition) is 1. The second-order valence-electron chi connectivity index (χ2n) is 4.64. The number of aromatic nitrogens is 2. The summed E-state index contributed by atoms with van der Waals surface area (Å²) in [6.45, 7) is 2.36. The van der Waals surface area contributed by atoms with E-state index < -0.39 is 0 Å². The van der Waals surface area contributed by atoms with Crippen molar-refractivity contribution in [1.82, 2.24) is 20.4 Å². The highest BCUT2D eigenvalue weighted by Crippen LogP contribution is 2.12. The van der Waals surface area contributed by atoms with Crippen molar-refractivity contribution in [3.05, 3.63) is 34.1 Å². The van der Waals surface area contributed by atoms with Crippen molar-refractivity contribution in [1.29, 1.82) is 0 Å². The Morgan fingerprint density at radius 2 is 2.33 bits per heavy atom. The van der Waals surface area contributed by atoms with Crippen molar-refractivity contribution in [2.24, 2.45) is 0 Å². The van der Waals surface area contributed by atoms with Gasteiger partial charge in [-0.2, -0.15) is 4.98 Å². The van der Waals surface area contributed by atoms with Gasteiger partial charge in [0.05, 0.1) is 4.88 Å². The van der Waals surface area contributed by atoms with Crippen LogP contribution in [0.3, 0.4) is 0 Å². The molecule has 0 bridgehead atoms. The molecule has 116 valence electrons. The zero-order valence-corrected chi connectivity index (χ0v) is 13.8. The number of rotatable bonds is 6. The molecule has 1 amide bonds. The maximum Gasteiger partial charge on any atom is 0.264 e. The van der Waals surface area contributed by atoms with Crippen LogP contribution in [0.2, 0.25) is 0 Å². The summed E-state index contributed by atoms with van der Waals surface area (Å²) >= 11 is 1.42. The van der Waals surface area contributed by atoms with Gasteiger partial charge in [0.25, 0.3) is 5.91 Å². The predicted octanol–water partition coefficient (Wildman–Crippen LogP) is 1.98. The fourth-order valence-corrected chi connectivity index (χ4v) is 2.39. The molecule has 2 heterocycles. The fourth-order valence-electron chi connectivity index (χ4n) is 1.68. The van der Waals surface area contributed by atoms with Crippen LogP contribution in [0.15, 0.2) is 22.0 Å². The number of amides is 1. The first-order valence-corrected chi connectivity index (χ1v) is 7.25. The Bertz CT molecular complexity index is 558. The van der Waals surface area contributed by atoms with Crippen molar-refractivity contribution in [2.75, 3.05) is 14.1 Å². The van der Waals surface area contributed by atoms with Crippen molar-refractivity contribution in [3.63, 3.8) is 0 Å². The van der Waals surface area contributed by atoms with Crippen LogP contribution in [-0.2, 0) is 13.0 Å². The molecule has 21 heavy (non-hydrogen) atoms. The number of thiophene rings is 1. The van der Waals surface area contributed by atoms with Crippen LogP contribution >= 0.6 is 23.7 Å². The molecule has 0 aliphatic carbocycles. The number of hydrogen-bond acceptors (Lipinski definition) is 6. The highest BCUT2D eigenvalue weighted by Gasteiger charge is 2.16. The molecule has 1 N–H and O–H groups in total. The maximum absolute atomic E-state index is 12.1. The third-order valence-corrected chi connectivity index (χ3v) is 3.80. The second-order valence-corrected chi connectivity index (χ2v) is 5.58. The summed E-state index contributed by atoms with van der Waals surface area (Å²) in [5.74, 6) is 1.07. The molecule has 0 saturated carbocycles. The van der Waals surface area contributed by atoms with E-state index in [1.54, 1.807) is 18.0 Å². The van der Waals surface area contributed by atoms with Gasteiger partial charge in [-0.3, -0.25) is 4.79 Å². The smallest absolute Gasteiger partial charge is 0.264 e. The highest BCUT2D eigenvalue weighted by atomic mass is 35.5. The number of nitrogens with one attached hydrogen (secondary N) is 1. The van der Waals surface area contributed by atoms with Gasteiger partial charge in [0.15, 0.2) is 5.82 Å². The van der Waals surface area contributed by atoms with Gasteiger partial charge < -0.3 is 14.7 Å². The summed E-state index contributed by atoms with van der Waals surface area (Å²) in [7, 11) is 3.61. The normalized spacial score (nSPS) is 11.8. The van der Waals surface area contributed by atoms with Crippen LogP contribution in [0.5, 0.6) is 0 Å². The molecule has 0 aliphatic heterocycles. The number of carbonyl (C=O) groups is 1. The molecule has 0 fully saturated rings. The zero-order valence-electron chi connectivity index (χ0n) is 12.2. The Kier molecular flexibility index (Phi) is 6.80. The number of likely N-dealkylation sites (N-methyl/N-ethyl adjacent to an activating group) is 1. The minimum Gasteiger partial charge on any atom is -0.337 e. The van der Waals surface area contributed by atoms with E-state index in [4.69, 9.17) is 4.52 Å². The van der Waals surface area contributed by atoms with Gasteiger partial charge in [0.2, 0.25) is 5.89 Å². The predicted molar refractivity (Wildman–Crippen MR) is 83.9 cm³/mol. The zero-order chi connectivity index (χ0) is 14.5. The molecule has 0 aliphatic rings. The molecular formula is C13H19ClN4O2S. The lowest BCUT2D eigenvalue weighted by atomic mass is 10.2. The SMILES string of the molecule is CNC(C)Cc1noc(CN(C)C(=O)c2cccs2)n1.Cl. The molecule has 2 rings (SSSR count). The van der Waals surface area contributed by atoms with Crippen molar-refractivity contribution in [3.8, 4) is 0 Å². The van der Waals surface area contributed by atoms with Gasteiger partial charge in [-0.05, 0) is 25.4 Å². The fraction of sp³-hybridized carbons (Fsp3) is 0.462. The summed E-state index contributed by atoms with van der Waals surface area (Å²) in [6.07, 6.45) is 0.697. The van der Waals surface area contributed by atoms with Crippen LogP contribution in [0.25, 0.3) is 0 Å². The van der Waals surface area contributed by atoms with Crippen LogP contribution in [-0.4, -0.2) is 41.1 Å². The molecule has 0 aromatic carbocycles. The quantitative estimate of drug-likeness (QED) is 0.876. The van der Waals surface area contributed by atoms with Gasteiger partial charge in [0.1, 0.15) is 6.54 Å². The number of carbonyl (C=O) groups excluding carboxylic acids is 1. The van der Waals surface area contributed by atoms with Crippen LogP contribution < -0.4 is 5.32 Å². The monoisotopic (exact) mass is 330 g/mol. The molecule has 6 nitrogen and oxygen atoms in total. The molecule has 0 radical (unpaired) electrons. The van der Waals surface area contributed by atoms with Gasteiger partial charge in [0, 0.05) is 19.5 Å². The van der Waals surface area contributed by atoms with E-state index in [9.17, 15) is 4.79 Å². The standard InChI is InChI=1S/C13H18N4O2S.ClH/c1-9(14-2)7-11-15-12(19-16-11)8-17(3)13(18)10-5-4-6-20-10;/h4-6,9,14H,7-8H2,1-3H3;1H. The molecule has 2 aromatic heterocycles. The average molecular weight is 331 g/mol. The highest BCUT2D eigenvalue weighted by molar-refractivity contribution is 7.12. The van der Waals surface area contributed by atoms with E-state index in [0.29, 0.717) is 29.6 Å². The van der Waals surface area contributed by atoms with Crippen LogP contribution in [0.1, 0.15) is 28.3 Å². The van der Waals surface area contributed by atoms with E-state index in [0.717, 1.165) is 0 Å². The minimum absolute atomic E-state index is 0. The van der Waals surface area contributed by atoms with Crippen molar-refractivity contribution < 1.29 is 9.32 Å². The Morgan fingerprint density at radius 3 is 2.95 bits per heavy atom. The van der Waals surface area contributed by atoms with E-state index in [1.807, 2.05) is 25.4 Å². The topological polar surface area (TPSA) is 71.3 Å². The first-order chi connectivity index (χ1) is 9.60. The van der Waals surface area contributed by atoms with E-state index >= 15 is 0 Å². The second kappa shape index (κ2) is 8.11. The lowest BCUT2D eigenvalue weighted by molar-refractivity contribution is 0.0774. The molecule has 2 aromatic rings. The Morgan fingerprint density at radius 1 is 1.57 bits per heavy atom. The molecule has 0 spiro atoms. The van der Waals surface area contributed by atoms with Crippen molar-refractivity contribution in [2.45, 2.75) is 25.9 Å². The summed E-state index contributed by atoms with van der Waals surface area (Å²) in [4.78, 5) is 18.6. The molecule has 8 heteroatoms. The maximum atomic E-state index is 12.1. The third kappa shape index (κ3) is 4.80. The van der Waals surface area contributed by atoms with Gasteiger partial charge in [-0.15, -0.1) is 23.7 Å². The lowest BCUT2D eigenvalue weighted by Gasteiger charge is -2.13. The molecule has 0 saturated heterocycles. The summed E-state index contributed by atoms with van der Waals surface area (Å²) < 4.78 is 5.17. The molecule has 1 unspecified atom stereocenters. The van der Waals surface area contributed by atoms with Crippen molar-refractivity contribution >= 4 is 29.7 Å². The van der Waals surface area contributed by atoms with Gasteiger partial charge in [-0.25, -0.2) is 0 Å². The lowest BCUT2D eigenvalue weighted by Crippen LogP contribution is -2.26. The van der Waals surface area contributed by atoms with E-state index in [1.165, 1.54) is 11.3 Å². The van der Waals surface area contributed by atoms with Gasteiger partial charge in [-0.1, -0.05) is 11.2 Å². The summed E-state index contributed by atoms with van der Waals surface area (Å²) in [6, 6.07) is 3.94. The third-order valence-electron chi connectivity index (χ3n) is 2.94. The molecule has 1 atom stereocenters. The van der Waals surface area contributed by atoms with E-state index in [-0.39, 0.29) is 24.4 Å².